The van der Waals surface area contributed by atoms with Gasteiger partial charge < -0.3 is 19.9 Å². The van der Waals surface area contributed by atoms with E-state index in [-0.39, 0.29) is 24.6 Å². The number of rotatable bonds is 1. The third kappa shape index (κ3) is 2.93. The standard InChI is InChI=1S/C18H24N4O3/c1-12-9-21-7-3-4-14(21)10-22(12)18(24)19-13-5-6-15-16(8-13)25-11-17(23)20(15)2/h5-6,8,12,14H,3-4,7,9-11H2,1-2H3,(H,19,24)/t12-,14+/m1/s1. The third-order valence-electron chi connectivity index (χ3n) is 5.50. The number of amides is 3. The molecule has 1 aromatic rings. The molecule has 3 aliphatic heterocycles. The van der Waals surface area contributed by atoms with Gasteiger partial charge in [-0.05, 0) is 38.4 Å². The van der Waals surface area contributed by atoms with E-state index in [1.807, 2.05) is 11.0 Å². The van der Waals surface area contributed by atoms with E-state index in [0.29, 0.717) is 17.5 Å². The fraction of sp³-hybridized carbons (Fsp3) is 0.556. The van der Waals surface area contributed by atoms with Gasteiger partial charge in [-0.15, -0.1) is 0 Å². The second-order valence-corrected chi connectivity index (χ2v) is 7.15. The molecule has 0 bridgehead atoms. The second-order valence-electron chi connectivity index (χ2n) is 7.15. The molecule has 0 aromatic heterocycles. The Hall–Kier alpha value is -2.28. The molecule has 2 atom stereocenters. The van der Waals surface area contributed by atoms with Gasteiger partial charge in [0.1, 0.15) is 5.75 Å². The number of urea groups is 1. The first-order valence-electron chi connectivity index (χ1n) is 8.88. The minimum Gasteiger partial charge on any atom is -0.481 e. The maximum absolute atomic E-state index is 12.7. The first-order chi connectivity index (χ1) is 12.0. The summed E-state index contributed by atoms with van der Waals surface area (Å²) >= 11 is 0. The molecule has 0 spiro atoms. The fourth-order valence-corrected chi connectivity index (χ4v) is 4.02. The van der Waals surface area contributed by atoms with Crippen LogP contribution in [0.5, 0.6) is 5.75 Å². The molecule has 2 saturated heterocycles. The predicted molar refractivity (Wildman–Crippen MR) is 95.1 cm³/mol. The fourth-order valence-electron chi connectivity index (χ4n) is 4.02. The number of ether oxygens (including phenoxy) is 1. The molecule has 0 radical (unpaired) electrons. The van der Waals surface area contributed by atoms with Crippen molar-refractivity contribution < 1.29 is 14.3 Å². The lowest BCUT2D eigenvalue weighted by atomic mass is 10.1. The number of nitrogens with one attached hydrogen (secondary N) is 1. The van der Waals surface area contributed by atoms with E-state index >= 15 is 0 Å². The average Bonchev–Trinajstić information content (AvgIpc) is 3.04. The van der Waals surface area contributed by atoms with Crippen molar-refractivity contribution >= 4 is 23.3 Å². The number of anilines is 2. The molecular weight excluding hydrogens is 320 g/mol. The number of carbonyl (C=O) groups excluding carboxylic acids is 2. The molecule has 25 heavy (non-hydrogen) atoms. The minimum absolute atomic E-state index is 0.0293. The molecule has 7 nitrogen and oxygen atoms in total. The molecule has 3 heterocycles. The number of likely N-dealkylation sites (N-methyl/N-ethyl adjacent to an activating group) is 1. The summed E-state index contributed by atoms with van der Waals surface area (Å²) in [6, 6.07) is 6.03. The Labute approximate surface area is 147 Å². The summed E-state index contributed by atoms with van der Waals surface area (Å²) in [4.78, 5) is 30.4. The average molecular weight is 344 g/mol. The maximum Gasteiger partial charge on any atom is 0.322 e. The molecular formula is C18H24N4O3. The Morgan fingerprint density at radius 2 is 2.16 bits per heavy atom. The summed E-state index contributed by atoms with van der Waals surface area (Å²) in [6.07, 6.45) is 2.39. The van der Waals surface area contributed by atoms with Crippen LogP contribution in [0, 0.1) is 0 Å². The lowest BCUT2D eigenvalue weighted by Gasteiger charge is -2.42. The van der Waals surface area contributed by atoms with Gasteiger partial charge in [-0.1, -0.05) is 0 Å². The highest BCUT2D eigenvalue weighted by Crippen LogP contribution is 2.34. The Morgan fingerprint density at radius 1 is 1.32 bits per heavy atom. The van der Waals surface area contributed by atoms with Gasteiger partial charge in [0.05, 0.1) is 5.69 Å². The highest BCUT2D eigenvalue weighted by atomic mass is 16.5. The molecule has 3 amide bonds. The molecule has 1 aromatic carbocycles. The van der Waals surface area contributed by atoms with Crippen LogP contribution >= 0.6 is 0 Å². The number of piperazine rings is 1. The van der Waals surface area contributed by atoms with Gasteiger partial charge in [-0.25, -0.2) is 4.79 Å². The van der Waals surface area contributed by atoms with E-state index in [0.717, 1.165) is 25.3 Å². The van der Waals surface area contributed by atoms with E-state index in [9.17, 15) is 9.59 Å². The molecule has 1 N–H and O–H groups in total. The topological polar surface area (TPSA) is 65.1 Å². The maximum atomic E-state index is 12.7. The summed E-state index contributed by atoms with van der Waals surface area (Å²) in [6.45, 7) is 5.01. The third-order valence-corrected chi connectivity index (χ3v) is 5.50. The summed E-state index contributed by atoms with van der Waals surface area (Å²) in [5, 5.41) is 2.98. The van der Waals surface area contributed by atoms with Gasteiger partial charge in [0.2, 0.25) is 0 Å². The normalized spacial score (nSPS) is 26.1. The van der Waals surface area contributed by atoms with E-state index in [4.69, 9.17) is 4.74 Å². The lowest BCUT2D eigenvalue weighted by molar-refractivity contribution is -0.120. The number of nitrogens with zero attached hydrogens (tertiary/aromatic N) is 3. The second kappa shape index (κ2) is 6.22. The van der Waals surface area contributed by atoms with Gasteiger partial charge in [0, 0.05) is 44.0 Å². The molecule has 2 fully saturated rings. The van der Waals surface area contributed by atoms with E-state index in [1.165, 1.54) is 12.8 Å². The van der Waals surface area contributed by atoms with Crippen LogP contribution in [0.3, 0.4) is 0 Å². The molecule has 4 rings (SSSR count). The predicted octanol–water partition coefficient (Wildman–Crippen LogP) is 1.74. The smallest absolute Gasteiger partial charge is 0.322 e. The molecule has 7 heteroatoms. The van der Waals surface area contributed by atoms with Crippen molar-refractivity contribution in [3.05, 3.63) is 18.2 Å². The number of carbonyl (C=O) groups is 2. The molecule has 0 saturated carbocycles. The first kappa shape index (κ1) is 16.2. The van der Waals surface area contributed by atoms with Crippen LogP contribution in [0.1, 0.15) is 19.8 Å². The Bertz CT molecular complexity index is 708. The van der Waals surface area contributed by atoms with Gasteiger partial charge in [-0.2, -0.15) is 0 Å². The molecule has 0 unspecified atom stereocenters. The van der Waals surface area contributed by atoms with E-state index in [2.05, 4.69) is 17.1 Å². The van der Waals surface area contributed by atoms with Crippen LogP contribution in [0.25, 0.3) is 0 Å². The van der Waals surface area contributed by atoms with Crippen molar-refractivity contribution in [2.45, 2.75) is 31.8 Å². The number of hydrogen-bond donors (Lipinski definition) is 1. The summed E-state index contributed by atoms with van der Waals surface area (Å²) < 4.78 is 5.49. The zero-order valence-corrected chi connectivity index (χ0v) is 14.7. The van der Waals surface area contributed by atoms with Crippen molar-refractivity contribution in [3.8, 4) is 5.75 Å². The van der Waals surface area contributed by atoms with Crippen LogP contribution in [0.4, 0.5) is 16.2 Å². The van der Waals surface area contributed by atoms with Crippen LogP contribution in [-0.4, -0.2) is 67.1 Å². The van der Waals surface area contributed by atoms with Crippen molar-refractivity contribution in [2.24, 2.45) is 0 Å². The van der Waals surface area contributed by atoms with Gasteiger partial charge in [-0.3, -0.25) is 9.69 Å². The van der Waals surface area contributed by atoms with Gasteiger partial charge in [0.15, 0.2) is 6.61 Å². The number of fused-ring (bicyclic) bond motifs is 2. The van der Waals surface area contributed by atoms with Crippen LogP contribution < -0.4 is 15.0 Å². The summed E-state index contributed by atoms with van der Waals surface area (Å²) in [5.41, 5.74) is 1.41. The van der Waals surface area contributed by atoms with Gasteiger partial charge in [0.25, 0.3) is 5.91 Å². The minimum atomic E-state index is -0.0763. The zero-order chi connectivity index (χ0) is 17.6. The van der Waals surface area contributed by atoms with Crippen molar-refractivity contribution in [1.29, 1.82) is 0 Å². The summed E-state index contributed by atoms with van der Waals surface area (Å²) in [7, 11) is 1.73. The molecule has 134 valence electrons. The van der Waals surface area contributed by atoms with Crippen molar-refractivity contribution in [3.63, 3.8) is 0 Å². The van der Waals surface area contributed by atoms with E-state index in [1.54, 1.807) is 24.1 Å². The van der Waals surface area contributed by atoms with Crippen molar-refractivity contribution in [2.75, 3.05) is 43.5 Å². The lowest BCUT2D eigenvalue weighted by Crippen LogP contribution is -2.57. The van der Waals surface area contributed by atoms with Crippen LogP contribution in [-0.2, 0) is 4.79 Å². The molecule has 0 aliphatic carbocycles. The molecule has 3 aliphatic rings. The quantitative estimate of drug-likeness (QED) is 0.843. The first-order valence-corrected chi connectivity index (χ1v) is 8.88. The monoisotopic (exact) mass is 344 g/mol. The Kier molecular flexibility index (Phi) is 4.03. The van der Waals surface area contributed by atoms with Gasteiger partial charge >= 0.3 is 6.03 Å². The van der Waals surface area contributed by atoms with E-state index < -0.39 is 0 Å². The SMILES string of the molecule is C[C@@H]1CN2CCC[C@H]2CN1C(=O)Nc1ccc2c(c1)OCC(=O)N2C. The summed E-state index contributed by atoms with van der Waals surface area (Å²) in [5.74, 6) is 0.543. The van der Waals surface area contributed by atoms with Crippen molar-refractivity contribution in [1.82, 2.24) is 9.80 Å². The zero-order valence-electron chi connectivity index (χ0n) is 14.7. The highest BCUT2D eigenvalue weighted by molar-refractivity contribution is 5.98. The van der Waals surface area contributed by atoms with Crippen LogP contribution in [0.2, 0.25) is 0 Å². The largest absolute Gasteiger partial charge is 0.481 e. The Balaban J connectivity index is 1.47. The highest BCUT2D eigenvalue weighted by Gasteiger charge is 2.36. The van der Waals surface area contributed by atoms with Crippen LogP contribution in [0.15, 0.2) is 18.2 Å². The number of benzene rings is 1. The Morgan fingerprint density at radius 3 is 3.00 bits per heavy atom. The number of hydrogen-bond acceptors (Lipinski definition) is 4.